The van der Waals surface area contributed by atoms with E-state index in [-0.39, 0.29) is 12.3 Å². The van der Waals surface area contributed by atoms with Crippen LogP contribution in [0.2, 0.25) is 0 Å². The molecule has 4 nitrogen and oxygen atoms in total. The average molecular weight is 351 g/mol. The molecule has 1 N–H and O–H groups in total. The number of likely N-dealkylation sites (N-methyl/N-ethyl adjacent to an activating group) is 1. The van der Waals surface area contributed by atoms with Crippen LogP contribution in [0.25, 0.3) is 0 Å². The summed E-state index contributed by atoms with van der Waals surface area (Å²) in [5.41, 5.74) is 0.572. The Kier molecular flexibility index (Phi) is 6.93. The summed E-state index contributed by atoms with van der Waals surface area (Å²) in [5.74, 6) is -1.92. The third-order valence-corrected chi connectivity index (χ3v) is 4.94. The quantitative estimate of drug-likeness (QED) is 0.782. The molecule has 1 aliphatic rings. The minimum atomic E-state index is -0.901. The van der Waals surface area contributed by atoms with Gasteiger partial charge in [0.15, 0.2) is 11.6 Å². The Morgan fingerprint density at radius 3 is 2.84 bits per heavy atom. The number of hydrogen-bond acceptors (Lipinski definition) is 3. The Bertz CT molecular complexity index is 608. The highest BCUT2D eigenvalue weighted by Crippen LogP contribution is 2.17. The van der Waals surface area contributed by atoms with Crippen molar-refractivity contribution in [3.05, 3.63) is 48.2 Å². The molecule has 0 aliphatic carbocycles. The molecular formula is C19H27F2N3O. The molecule has 0 bridgehead atoms. The molecule has 0 spiro atoms. The highest BCUT2D eigenvalue weighted by molar-refractivity contribution is 5.82. The molecule has 1 amide bonds. The van der Waals surface area contributed by atoms with Crippen molar-refractivity contribution in [1.82, 2.24) is 15.1 Å². The molecule has 6 heteroatoms. The Labute approximate surface area is 148 Å². The summed E-state index contributed by atoms with van der Waals surface area (Å²) in [6.45, 7) is 5.41. The molecule has 0 radical (unpaired) electrons. The van der Waals surface area contributed by atoms with E-state index < -0.39 is 17.7 Å². The Hall–Kier alpha value is -1.95. The summed E-state index contributed by atoms with van der Waals surface area (Å²) in [4.78, 5) is 16.6. The number of carbonyl (C=O) groups is 1. The Morgan fingerprint density at radius 2 is 2.24 bits per heavy atom. The SMILES string of the molecule is C=CN(C)C(Cc1ccc(F)c(F)c1)C(=O)NCCC1CCCN1C. The number of amides is 1. The molecule has 1 fully saturated rings. The molecular weight excluding hydrogens is 324 g/mol. The standard InChI is InChI=1S/C19H27F2N3O/c1-4-23(2)18(13-14-7-8-16(20)17(21)12-14)19(25)22-10-9-15-6-5-11-24(15)3/h4,7-8,12,15,18H,1,5-6,9-11,13H2,2-3H3,(H,22,25). The summed E-state index contributed by atoms with van der Waals surface area (Å²) in [6, 6.07) is 3.73. The van der Waals surface area contributed by atoms with E-state index in [1.54, 1.807) is 18.1 Å². The minimum Gasteiger partial charge on any atom is -0.369 e. The van der Waals surface area contributed by atoms with Crippen LogP contribution in [0.4, 0.5) is 8.78 Å². The highest BCUT2D eigenvalue weighted by atomic mass is 19.2. The van der Waals surface area contributed by atoms with E-state index in [4.69, 9.17) is 0 Å². The maximum Gasteiger partial charge on any atom is 0.243 e. The Morgan fingerprint density at radius 1 is 1.48 bits per heavy atom. The van der Waals surface area contributed by atoms with Crippen molar-refractivity contribution in [1.29, 1.82) is 0 Å². The fourth-order valence-corrected chi connectivity index (χ4v) is 3.26. The fourth-order valence-electron chi connectivity index (χ4n) is 3.26. The lowest BCUT2D eigenvalue weighted by atomic mass is 10.0. The van der Waals surface area contributed by atoms with Gasteiger partial charge in [0.2, 0.25) is 5.91 Å². The molecule has 1 heterocycles. The van der Waals surface area contributed by atoms with Crippen LogP contribution in [-0.4, -0.2) is 55.0 Å². The first-order valence-electron chi connectivity index (χ1n) is 8.68. The summed E-state index contributed by atoms with van der Waals surface area (Å²) < 4.78 is 26.5. The van der Waals surface area contributed by atoms with Crippen molar-refractivity contribution in [2.24, 2.45) is 0 Å². The van der Waals surface area contributed by atoms with Gasteiger partial charge in [0.1, 0.15) is 6.04 Å². The van der Waals surface area contributed by atoms with Crippen LogP contribution in [-0.2, 0) is 11.2 Å². The normalized spacial score (nSPS) is 18.8. The molecule has 1 saturated heterocycles. The Balaban J connectivity index is 1.94. The van der Waals surface area contributed by atoms with Crippen molar-refractivity contribution in [2.45, 2.75) is 37.8 Å². The fraction of sp³-hybridized carbons (Fsp3) is 0.526. The lowest BCUT2D eigenvalue weighted by Crippen LogP contribution is -2.45. The second-order valence-electron chi connectivity index (χ2n) is 6.67. The first kappa shape index (κ1) is 19.4. The molecule has 138 valence electrons. The summed E-state index contributed by atoms with van der Waals surface area (Å²) >= 11 is 0. The van der Waals surface area contributed by atoms with Crippen LogP contribution in [0.1, 0.15) is 24.8 Å². The van der Waals surface area contributed by atoms with Crippen molar-refractivity contribution < 1.29 is 13.6 Å². The third-order valence-electron chi connectivity index (χ3n) is 4.94. The van der Waals surface area contributed by atoms with Gasteiger partial charge in [-0.05, 0) is 56.8 Å². The van der Waals surface area contributed by atoms with Crippen LogP contribution in [0.5, 0.6) is 0 Å². The molecule has 1 aromatic carbocycles. The number of halogens is 2. The van der Waals surface area contributed by atoms with Crippen LogP contribution in [0.15, 0.2) is 31.0 Å². The van der Waals surface area contributed by atoms with Crippen LogP contribution in [0.3, 0.4) is 0 Å². The monoisotopic (exact) mass is 351 g/mol. The molecule has 2 rings (SSSR count). The second kappa shape index (κ2) is 8.94. The minimum absolute atomic E-state index is 0.132. The van der Waals surface area contributed by atoms with Gasteiger partial charge < -0.3 is 15.1 Å². The predicted molar refractivity (Wildman–Crippen MR) is 95.1 cm³/mol. The van der Waals surface area contributed by atoms with E-state index in [1.807, 2.05) is 0 Å². The van der Waals surface area contributed by atoms with Gasteiger partial charge >= 0.3 is 0 Å². The predicted octanol–water partition coefficient (Wildman–Crippen LogP) is 2.55. The van der Waals surface area contributed by atoms with Crippen molar-refractivity contribution in [3.8, 4) is 0 Å². The highest BCUT2D eigenvalue weighted by Gasteiger charge is 2.24. The zero-order valence-corrected chi connectivity index (χ0v) is 15.0. The lowest BCUT2D eigenvalue weighted by Gasteiger charge is -2.26. The molecule has 0 saturated carbocycles. The van der Waals surface area contributed by atoms with E-state index in [9.17, 15) is 13.6 Å². The van der Waals surface area contributed by atoms with Gasteiger partial charge in [-0.25, -0.2) is 8.78 Å². The van der Waals surface area contributed by atoms with E-state index in [0.29, 0.717) is 18.2 Å². The summed E-state index contributed by atoms with van der Waals surface area (Å²) in [6.07, 6.45) is 5.13. The summed E-state index contributed by atoms with van der Waals surface area (Å²) in [5, 5.41) is 2.97. The van der Waals surface area contributed by atoms with Crippen molar-refractivity contribution in [2.75, 3.05) is 27.2 Å². The smallest absolute Gasteiger partial charge is 0.243 e. The largest absolute Gasteiger partial charge is 0.369 e. The topological polar surface area (TPSA) is 35.6 Å². The number of rotatable bonds is 8. The number of hydrogen-bond donors (Lipinski definition) is 1. The zero-order chi connectivity index (χ0) is 18.4. The van der Waals surface area contributed by atoms with Crippen molar-refractivity contribution >= 4 is 5.91 Å². The van der Waals surface area contributed by atoms with Crippen molar-refractivity contribution in [3.63, 3.8) is 0 Å². The van der Waals surface area contributed by atoms with E-state index in [2.05, 4.69) is 23.8 Å². The van der Waals surface area contributed by atoms with Gasteiger partial charge in [-0.3, -0.25) is 4.79 Å². The average Bonchev–Trinajstić information content (AvgIpc) is 3.00. The van der Waals surface area contributed by atoms with Crippen LogP contribution < -0.4 is 5.32 Å². The molecule has 25 heavy (non-hydrogen) atoms. The molecule has 0 aromatic heterocycles. The van der Waals surface area contributed by atoms with E-state index >= 15 is 0 Å². The van der Waals surface area contributed by atoms with Gasteiger partial charge in [0.25, 0.3) is 0 Å². The first-order chi connectivity index (χ1) is 11.9. The van der Waals surface area contributed by atoms with Crippen LogP contribution in [0, 0.1) is 11.6 Å². The van der Waals surface area contributed by atoms with Gasteiger partial charge in [-0.1, -0.05) is 12.6 Å². The number of carbonyl (C=O) groups excluding carboxylic acids is 1. The molecule has 1 aromatic rings. The summed E-state index contributed by atoms with van der Waals surface area (Å²) in [7, 11) is 3.86. The van der Waals surface area contributed by atoms with E-state index in [0.717, 1.165) is 31.5 Å². The van der Waals surface area contributed by atoms with Gasteiger partial charge in [-0.2, -0.15) is 0 Å². The third kappa shape index (κ3) is 5.26. The maximum absolute atomic E-state index is 13.4. The first-order valence-corrected chi connectivity index (χ1v) is 8.68. The van der Waals surface area contributed by atoms with Gasteiger partial charge in [0.05, 0.1) is 0 Å². The van der Waals surface area contributed by atoms with Gasteiger partial charge in [-0.15, -0.1) is 0 Å². The molecule has 2 unspecified atom stereocenters. The molecule has 2 atom stereocenters. The second-order valence-corrected chi connectivity index (χ2v) is 6.67. The number of likely N-dealkylation sites (tertiary alicyclic amines) is 1. The zero-order valence-electron chi connectivity index (χ0n) is 15.0. The number of benzene rings is 1. The maximum atomic E-state index is 13.4. The lowest BCUT2D eigenvalue weighted by molar-refractivity contribution is -0.125. The van der Waals surface area contributed by atoms with Gasteiger partial charge in [0, 0.05) is 26.1 Å². The molecule has 1 aliphatic heterocycles. The number of nitrogens with zero attached hydrogens (tertiary/aromatic N) is 2. The number of nitrogens with one attached hydrogen (secondary N) is 1. The van der Waals surface area contributed by atoms with E-state index in [1.165, 1.54) is 12.5 Å². The van der Waals surface area contributed by atoms with Crippen LogP contribution >= 0.6 is 0 Å².